The molecular formula is C38H48N4O4. The van der Waals surface area contributed by atoms with Crippen LogP contribution in [0.15, 0.2) is 60.7 Å². The number of aromatic hydroxyl groups is 1. The van der Waals surface area contributed by atoms with E-state index in [4.69, 9.17) is 4.74 Å². The minimum absolute atomic E-state index is 0.0832. The number of hydrogen-bond donors (Lipinski definition) is 2. The number of hydrogen-bond acceptors (Lipinski definition) is 6. The predicted molar refractivity (Wildman–Crippen MR) is 184 cm³/mol. The van der Waals surface area contributed by atoms with E-state index in [1.165, 1.54) is 22.4 Å². The summed E-state index contributed by atoms with van der Waals surface area (Å²) in [7, 11) is 4.17. The molecule has 0 atom stereocenters. The quantitative estimate of drug-likeness (QED) is 0.164. The van der Waals surface area contributed by atoms with Crippen LogP contribution >= 0.6 is 0 Å². The number of nitrogens with zero attached hydrogens (tertiary/aromatic N) is 3. The number of nitrogens with one attached hydrogen (secondary N) is 1. The van der Waals surface area contributed by atoms with E-state index in [9.17, 15) is 14.7 Å². The van der Waals surface area contributed by atoms with Gasteiger partial charge in [-0.05, 0) is 98.8 Å². The summed E-state index contributed by atoms with van der Waals surface area (Å²) >= 11 is 0. The Balaban J connectivity index is 1.59. The molecule has 1 aromatic heterocycles. The fourth-order valence-electron chi connectivity index (χ4n) is 6.71. The van der Waals surface area contributed by atoms with Crippen molar-refractivity contribution in [3.63, 3.8) is 0 Å². The Morgan fingerprint density at radius 3 is 2.59 bits per heavy atom. The SMILES string of the molecule is CCn1c(-c2ccccc2CN(C)C)c(CC(C)(C)COC=O)c2cc(-c3cc(O)cc(CCC(=O)N4CCCCN4)c3)ccc21. The number of rotatable bonds is 13. The molecule has 2 N–H and O–H groups in total. The van der Waals surface area contributed by atoms with E-state index in [1.54, 1.807) is 17.1 Å². The molecule has 244 valence electrons. The number of aryl methyl sites for hydroxylation is 2. The fraction of sp³-hybridized carbons (Fsp3) is 0.421. The molecule has 0 unspecified atom stereocenters. The van der Waals surface area contributed by atoms with Crippen LogP contribution in [0.1, 0.15) is 56.7 Å². The molecule has 0 spiro atoms. The molecule has 5 rings (SSSR count). The zero-order valence-electron chi connectivity index (χ0n) is 27.9. The van der Waals surface area contributed by atoms with Crippen LogP contribution in [0.4, 0.5) is 0 Å². The number of amides is 1. The van der Waals surface area contributed by atoms with Gasteiger partial charge in [0.05, 0.1) is 12.3 Å². The van der Waals surface area contributed by atoms with Gasteiger partial charge in [-0.15, -0.1) is 0 Å². The first-order valence-electron chi connectivity index (χ1n) is 16.4. The zero-order chi connectivity index (χ0) is 32.8. The van der Waals surface area contributed by atoms with Gasteiger partial charge in [0.1, 0.15) is 5.75 Å². The number of ether oxygens (including phenoxy) is 1. The lowest BCUT2D eigenvalue weighted by Crippen LogP contribution is -2.47. The Bertz CT molecular complexity index is 1680. The van der Waals surface area contributed by atoms with Gasteiger partial charge in [0.25, 0.3) is 6.47 Å². The maximum atomic E-state index is 12.8. The van der Waals surface area contributed by atoms with E-state index < -0.39 is 0 Å². The van der Waals surface area contributed by atoms with Crippen LogP contribution in [-0.2, 0) is 40.3 Å². The van der Waals surface area contributed by atoms with Gasteiger partial charge in [-0.3, -0.25) is 14.6 Å². The van der Waals surface area contributed by atoms with Crippen LogP contribution in [0.25, 0.3) is 33.3 Å². The van der Waals surface area contributed by atoms with Crippen molar-refractivity contribution in [1.29, 1.82) is 0 Å². The molecule has 0 radical (unpaired) electrons. The number of phenolic OH excluding ortho intramolecular Hbond substituents is 1. The normalized spacial score (nSPS) is 13.8. The molecule has 0 bridgehead atoms. The number of phenols is 1. The highest BCUT2D eigenvalue weighted by Crippen LogP contribution is 2.41. The molecule has 4 aromatic rings. The maximum absolute atomic E-state index is 12.8. The standard InChI is InChI=1S/C38H48N4O4/c1-6-41-35-15-14-28(30-19-27(20-31(44)21-30)13-16-36(45)42-18-10-9-17-39-42)22-33(35)34(23-38(2,3)25-46-26-43)37(41)32-12-8-7-11-29(32)24-40(4)5/h7-8,11-12,14-15,19-22,26,39,44H,6,9-10,13,16-18,23-25H2,1-5H3. The minimum Gasteiger partial charge on any atom is -0.508 e. The van der Waals surface area contributed by atoms with Crippen molar-refractivity contribution < 1.29 is 19.4 Å². The molecule has 1 saturated heterocycles. The molecule has 1 aliphatic rings. The van der Waals surface area contributed by atoms with Gasteiger partial charge in [-0.2, -0.15) is 0 Å². The summed E-state index contributed by atoms with van der Waals surface area (Å²) in [5.41, 5.74) is 11.7. The van der Waals surface area contributed by atoms with Crippen LogP contribution in [-0.4, -0.2) is 65.8 Å². The summed E-state index contributed by atoms with van der Waals surface area (Å²) in [5.74, 6) is 0.271. The number of carbonyl (C=O) groups excluding carboxylic acids is 2. The van der Waals surface area contributed by atoms with Crippen molar-refractivity contribution in [2.75, 3.05) is 33.8 Å². The third kappa shape index (κ3) is 7.62. The van der Waals surface area contributed by atoms with Gasteiger partial charge in [0.2, 0.25) is 5.91 Å². The number of benzene rings is 3. The Morgan fingerprint density at radius 1 is 1.07 bits per heavy atom. The highest BCUT2D eigenvalue weighted by atomic mass is 16.5. The number of fused-ring (bicyclic) bond motifs is 1. The van der Waals surface area contributed by atoms with E-state index >= 15 is 0 Å². The predicted octanol–water partition coefficient (Wildman–Crippen LogP) is 6.56. The van der Waals surface area contributed by atoms with Crippen molar-refractivity contribution in [3.8, 4) is 28.1 Å². The van der Waals surface area contributed by atoms with Gasteiger partial charge in [0.15, 0.2) is 0 Å². The third-order valence-electron chi connectivity index (χ3n) is 8.79. The monoisotopic (exact) mass is 624 g/mol. The second-order valence-electron chi connectivity index (χ2n) is 13.5. The molecule has 3 aromatic carbocycles. The average Bonchev–Trinajstić information content (AvgIpc) is 3.34. The second kappa shape index (κ2) is 14.5. The second-order valence-corrected chi connectivity index (χ2v) is 13.5. The molecule has 8 nitrogen and oxygen atoms in total. The molecule has 0 aliphatic carbocycles. The summed E-state index contributed by atoms with van der Waals surface area (Å²) in [5, 5.41) is 13.6. The van der Waals surface area contributed by atoms with Gasteiger partial charge >= 0.3 is 0 Å². The molecule has 1 fully saturated rings. The number of hydrazine groups is 1. The van der Waals surface area contributed by atoms with Gasteiger partial charge < -0.3 is 19.3 Å². The first kappa shape index (κ1) is 33.2. The van der Waals surface area contributed by atoms with E-state index in [-0.39, 0.29) is 17.1 Å². The van der Waals surface area contributed by atoms with E-state index in [1.807, 2.05) is 0 Å². The highest BCUT2D eigenvalue weighted by Gasteiger charge is 2.27. The molecular weight excluding hydrogens is 576 g/mol. The molecule has 46 heavy (non-hydrogen) atoms. The van der Waals surface area contributed by atoms with Crippen molar-refractivity contribution >= 4 is 23.3 Å². The van der Waals surface area contributed by atoms with E-state index in [0.717, 1.165) is 66.6 Å². The fourth-order valence-corrected chi connectivity index (χ4v) is 6.71. The van der Waals surface area contributed by atoms with E-state index in [0.29, 0.717) is 32.3 Å². The van der Waals surface area contributed by atoms with Crippen LogP contribution in [0.2, 0.25) is 0 Å². The number of carbonyl (C=O) groups is 2. The van der Waals surface area contributed by atoms with Crippen LogP contribution < -0.4 is 5.43 Å². The van der Waals surface area contributed by atoms with Crippen molar-refractivity contribution in [2.24, 2.45) is 5.41 Å². The van der Waals surface area contributed by atoms with Crippen LogP contribution in [0.3, 0.4) is 0 Å². The van der Waals surface area contributed by atoms with Gasteiger partial charge in [-0.1, -0.05) is 50.2 Å². The summed E-state index contributed by atoms with van der Waals surface area (Å²) < 4.78 is 7.68. The Labute approximate surface area is 272 Å². The lowest BCUT2D eigenvalue weighted by atomic mass is 9.84. The zero-order valence-corrected chi connectivity index (χ0v) is 27.9. The first-order chi connectivity index (χ1) is 22.1. The smallest absolute Gasteiger partial charge is 0.293 e. The van der Waals surface area contributed by atoms with Crippen LogP contribution in [0.5, 0.6) is 5.75 Å². The van der Waals surface area contributed by atoms with Crippen LogP contribution in [0, 0.1) is 5.41 Å². The molecule has 8 heteroatoms. The first-order valence-corrected chi connectivity index (χ1v) is 16.4. The summed E-state index contributed by atoms with van der Waals surface area (Å²) in [4.78, 5) is 26.1. The van der Waals surface area contributed by atoms with Crippen molar-refractivity contribution in [3.05, 3.63) is 77.4 Å². The topological polar surface area (TPSA) is 87.0 Å². The lowest BCUT2D eigenvalue weighted by Gasteiger charge is -2.27. The molecule has 0 saturated carbocycles. The molecule has 2 heterocycles. The average molecular weight is 625 g/mol. The summed E-state index contributed by atoms with van der Waals surface area (Å²) in [6.07, 6.45) is 3.74. The Hall–Kier alpha value is -4.14. The van der Waals surface area contributed by atoms with Gasteiger partial charge in [0, 0.05) is 54.5 Å². The van der Waals surface area contributed by atoms with E-state index in [2.05, 4.69) is 98.3 Å². The largest absolute Gasteiger partial charge is 0.508 e. The third-order valence-corrected chi connectivity index (χ3v) is 8.79. The molecule has 1 aliphatic heterocycles. The minimum atomic E-state index is -0.303. The van der Waals surface area contributed by atoms with Crippen molar-refractivity contribution in [1.82, 2.24) is 19.9 Å². The maximum Gasteiger partial charge on any atom is 0.293 e. The Morgan fingerprint density at radius 2 is 1.87 bits per heavy atom. The van der Waals surface area contributed by atoms with Gasteiger partial charge in [-0.25, -0.2) is 5.43 Å². The summed E-state index contributed by atoms with van der Waals surface area (Å²) in [6, 6.07) is 20.8. The molecule has 1 amide bonds. The van der Waals surface area contributed by atoms with Crippen molar-refractivity contribution in [2.45, 2.75) is 66.0 Å². The Kier molecular flexibility index (Phi) is 10.5. The summed E-state index contributed by atoms with van der Waals surface area (Å²) in [6.45, 7) is 10.5. The number of aromatic nitrogens is 1. The lowest BCUT2D eigenvalue weighted by molar-refractivity contribution is -0.135. The highest BCUT2D eigenvalue weighted by molar-refractivity contribution is 5.95.